The molecular formula is C25H25N5O2. The second-order valence-electron chi connectivity index (χ2n) is 8.27. The molecule has 162 valence electrons. The van der Waals surface area contributed by atoms with Crippen molar-refractivity contribution < 1.29 is 9.59 Å². The summed E-state index contributed by atoms with van der Waals surface area (Å²) in [5.74, 6) is 0.236. The van der Waals surface area contributed by atoms with Gasteiger partial charge in [0.1, 0.15) is 11.2 Å². The van der Waals surface area contributed by atoms with Gasteiger partial charge in [-0.1, -0.05) is 43.0 Å². The Balaban J connectivity index is 1.49. The summed E-state index contributed by atoms with van der Waals surface area (Å²) in [6.07, 6.45) is 9.48. The highest BCUT2D eigenvalue weighted by Crippen LogP contribution is 2.51. The van der Waals surface area contributed by atoms with Crippen LogP contribution in [0.15, 0.2) is 49.2 Å². The van der Waals surface area contributed by atoms with Crippen LogP contribution in [0.5, 0.6) is 0 Å². The van der Waals surface area contributed by atoms with Crippen molar-refractivity contribution in [1.82, 2.24) is 9.97 Å². The molecule has 0 spiro atoms. The van der Waals surface area contributed by atoms with Crippen molar-refractivity contribution in [2.24, 2.45) is 11.3 Å². The molecule has 1 aliphatic heterocycles. The highest BCUT2D eigenvalue weighted by atomic mass is 16.2. The van der Waals surface area contributed by atoms with Crippen molar-refractivity contribution in [2.45, 2.75) is 32.6 Å². The van der Waals surface area contributed by atoms with Crippen molar-refractivity contribution >= 4 is 29.7 Å². The van der Waals surface area contributed by atoms with Crippen LogP contribution in [0.4, 0.5) is 11.8 Å². The van der Waals surface area contributed by atoms with Crippen molar-refractivity contribution in [3.63, 3.8) is 0 Å². The Kier molecular flexibility index (Phi) is 5.87. The van der Waals surface area contributed by atoms with Gasteiger partial charge in [0.05, 0.1) is 12.5 Å². The number of allylic oxidation sites excluding steroid dienone is 2. The summed E-state index contributed by atoms with van der Waals surface area (Å²) in [5, 5.41) is 12.4. The molecule has 0 unspecified atom stereocenters. The number of nitrogens with one attached hydrogen (secondary N) is 1. The molecule has 2 aliphatic rings. The fraction of sp³-hybridized carbons (Fsp3) is 0.320. The molecule has 1 saturated carbocycles. The molecule has 1 aromatic carbocycles. The number of hydrogen-bond donors (Lipinski definition) is 1. The van der Waals surface area contributed by atoms with Gasteiger partial charge < -0.3 is 0 Å². The summed E-state index contributed by atoms with van der Waals surface area (Å²) in [7, 11) is 0. The van der Waals surface area contributed by atoms with Crippen molar-refractivity contribution in [1.29, 1.82) is 5.26 Å². The molecule has 1 aliphatic carbocycles. The third-order valence-corrected chi connectivity index (χ3v) is 6.16. The van der Waals surface area contributed by atoms with Crippen LogP contribution in [0.3, 0.4) is 0 Å². The Morgan fingerprint density at radius 2 is 2.22 bits per heavy atom. The van der Waals surface area contributed by atoms with Gasteiger partial charge in [0.2, 0.25) is 17.8 Å². The molecule has 1 atom stereocenters. The first-order chi connectivity index (χ1) is 15.5. The quantitative estimate of drug-likeness (QED) is 0.677. The van der Waals surface area contributed by atoms with Crippen molar-refractivity contribution in [3.05, 3.63) is 65.9 Å². The summed E-state index contributed by atoms with van der Waals surface area (Å²) in [6, 6.07) is 9.72. The Morgan fingerprint density at radius 1 is 1.41 bits per heavy atom. The lowest BCUT2D eigenvalue weighted by molar-refractivity contribution is -0.123. The van der Waals surface area contributed by atoms with Gasteiger partial charge >= 0.3 is 0 Å². The number of nitrogens with zero attached hydrogens (tertiary/aromatic N) is 4. The molecular weight excluding hydrogens is 402 g/mol. The highest BCUT2D eigenvalue weighted by Gasteiger charge is 2.57. The molecule has 1 N–H and O–H groups in total. The van der Waals surface area contributed by atoms with E-state index >= 15 is 0 Å². The largest absolute Gasteiger partial charge is 0.295 e. The second-order valence-corrected chi connectivity index (χ2v) is 8.27. The van der Waals surface area contributed by atoms with Gasteiger partial charge in [-0.15, -0.1) is 0 Å². The molecule has 0 radical (unpaired) electrons. The average Bonchev–Trinajstić information content (AvgIpc) is 3.57. The molecule has 7 nitrogen and oxygen atoms in total. The van der Waals surface area contributed by atoms with Crippen LogP contribution in [0.25, 0.3) is 6.08 Å². The lowest BCUT2D eigenvalue weighted by atomic mass is 9.83. The molecule has 2 fully saturated rings. The number of rotatable bonds is 7. The van der Waals surface area contributed by atoms with E-state index in [0.29, 0.717) is 18.8 Å². The lowest BCUT2D eigenvalue weighted by Crippen LogP contribution is -2.35. The van der Waals surface area contributed by atoms with Crippen LogP contribution in [0, 0.1) is 29.6 Å². The summed E-state index contributed by atoms with van der Waals surface area (Å²) in [6.45, 7) is 6.13. The van der Waals surface area contributed by atoms with E-state index in [1.54, 1.807) is 12.1 Å². The van der Waals surface area contributed by atoms with E-state index in [4.69, 9.17) is 0 Å². The van der Waals surface area contributed by atoms with Crippen LogP contribution >= 0.6 is 0 Å². The number of amides is 2. The smallest absolute Gasteiger partial charge is 0.248 e. The Morgan fingerprint density at radius 3 is 2.94 bits per heavy atom. The Hall–Kier alpha value is -3.79. The first-order valence-electron chi connectivity index (χ1n) is 10.7. The fourth-order valence-corrected chi connectivity index (χ4v) is 4.31. The summed E-state index contributed by atoms with van der Waals surface area (Å²) in [4.78, 5) is 35.8. The number of aromatic nitrogens is 2. The molecule has 0 bridgehead atoms. The van der Waals surface area contributed by atoms with Gasteiger partial charge in [-0.2, -0.15) is 10.2 Å². The zero-order valence-electron chi connectivity index (χ0n) is 18.0. The van der Waals surface area contributed by atoms with Gasteiger partial charge in [0, 0.05) is 12.7 Å². The number of carbonyl (C=O) groups excluding carboxylic acids is 2. The van der Waals surface area contributed by atoms with Crippen LogP contribution in [0.2, 0.25) is 0 Å². The van der Waals surface area contributed by atoms with E-state index < -0.39 is 5.41 Å². The van der Waals surface area contributed by atoms with Crippen LogP contribution in [0.1, 0.15) is 36.0 Å². The molecule has 4 rings (SSSR count). The minimum absolute atomic E-state index is 0.136. The van der Waals surface area contributed by atoms with E-state index in [2.05, 4.69) is 27.9 Å². The third kappa shape index (κ3) is 4.04. The van der Waals surface area contributed by atoms with Gasteiger partial charge in [-0.05, 0) is 54.9 Å². The van der Waals surface area contributed by atoms with Crippen molar-refractivity contribution in [3.8, 4) is 6.07 Å². The number of benzene rings is 1. The fourth-order valence-electron chi connectivity index (χ4n) is 4.31. The standard InChI is InChI=1S/C25H25N5O2/c1-3-4-8-20-17(2)6-5-7-18(20)15-22(31)29-24-27-13-11-21(28-24)30-14-12-25(16-26,23(30)32)19-9-10-19/h3-8,11,13,19H,1,9-10,12,14-15H2,2H3,(H,27,28,29,31)/b8-4-/t25-/m1/s1. The highest BCUT2D eigenvalue weighted by molar-refractivity contribution is 6.01. The predicted molar refractivity (Wildman–Crippen MR) is 123 cm³/mol. The maximum Gasteiger partial charge on any atom is 0.248 e. The number of anilines is 2. The van der Waals surface area contributed by atoms with Gasteiger partial charge in [-0.25, -0.2) is 4.98 Å². The normalized spacial score (nSPS) is 20.4. The monoisotopic (exact) mass is 427 g/mol. The van der Waals surface area contributed by atoms with Gasteiger partial charge in [-0.3, -0.25) is 19.8 Å². The predicted octanol–water partition coefficient (Wildman–Crippen LogP) is 3.82. The number of aryl methyl sites for hydroxylation is 1. The van der Waals surface area contributed by atoms with Gasteiger partial charge in [0.25, 0.3) is 0 Å². The molecule has 32 heavy (non-hydrogen) atoms. The molecule has 1 saturated heterocycles. The van der Waals surface area contributed by atoms with Gasteiger partial charge in [0.15, 0.2) is 0 Å². The first-order valence-corrected chi connectivity index (χ1v) is 10.7. The van der Waals surface area contributed by atoms with E-state index in [0.717, 1.165) is 29.5 Å². The number of carbonyl (C=O) groups is 2. The van der Waals surface area contributed by atoms with E-state index in [-0.39, 0.29) is 30.1 Å². The Bertz CT molecular complexity index is 1150. The SMILES string of the molecule is C=C/C=C\c1c(C)cccc1CC(=O)Nc1nccc(N2CC[C@@](C#N)(C3CC3)C2=O)n1. The lowest BCUT2D eigenvalue weighted by Gasteiger charge is -2.20. The van der Waals surface area contributed by atoms with E-state index in [1.165, 1.54) is 11.1 Å². The first kappa shape index (κ1) is 21.4. The summed E-state index contributed by atoms with van der Waals surface area (Å²) in [5.41, 5.74) is 1.99. The van der Waals surface area contributed by atoms with Crippen LogP contribution in [-0.2, 0) is 16.0 Å². The molecule has 2 heterocycles. The summed E-state index contributed by atoms with van der Waals surface area (Å²) < 4.78 is 0. The topological polar surface area (TPSA) is 99.0 Å². The minimum Gasteiger partial charge on any atom is -0.295 e. The average molecular weight is 428 g/mol. The van der Waals surface area contributed by atoms with Crippen LogP contribution in [-0.4, -0.2) is 28.3 Å². The third-order valence-electron chi connectivity index (χ3n) is 6.16. The second kappa shape index (κ2) is 8.75. The Labute approximate surface area is 187 Å². The van der Waals surface area contributed by atoms with Crippen LogP contribution < -0.4 is 10.2 Å². The number of hydrogen-bond acceptors (Lipinski definition) is 5. The molecule has 2 aromatic rings. The van der Waals surface area contributed by atoms with Crippen molar-refractivity contribution in [2.75, 3.05) is 16.8 Å². The summed E-state index contributed by atoms with van der Waals surface area (Å²) >= 11 is 0. The zero-order valence-corrected chi connectivity index (χ0v) is 18.0. The molecule has 2 amide bonds. The minimum atomic E-state index is -0.936. The number of nitriles is 1. The molecule has 1 aromatic heterocycles. The maximum absolute atomic E-state index is 13.0. The molecule has 7 heteroatoms. The van der Waals surface area contributed by atoms with E-state index in [9.17, 15) is 14.9 Å². The maximum atomic E-state index is 13.0. The van der Waals surface area contributed by atoms with E-state index in [1.807, 2.05) is 37.3 Å². The zero-order chi connectivity index (χ0) is 22.7.